The molecule has 5 nitrogen and oxygen atoms in total. The summed E-state index contributed by atoms with van der Waals surface area (Å²) < 4.78 is 5.78. The summed E-state index contributed by atoms with van der Waals surface area (Å²) in [6.45, 7) is 5.72. The van der Waals surface area contributed by atoms with Crippen molar-refractivity contribution in [1.82, 2.24) is 10.2 Å². The first-order chi connectivity index (χ1) is 8.99. The van der Waals surface area contributed by atoms with Crippen LogP contribution in [0.2, 0.25) is 0 Å². The molecule has 0 aliphatic heterocycles. The van der Waals surface area contributed by atoms with E-state index in [0.29, 0.717) is 11.3 Å². The van der Waals surface area contributed by atoms with E-state index >= 15 is 0 Å². The molecule has 104 valence electrons. The van der Waals surface area contributed by atoms with E-state index in [1.54, 1.807) is 13.8 Å². The van der Waals surface area contributed by atoms with Crippen molar-refractivity contribution in [3.63, 3.8) is 0 Å². The second-order valence-electron chi connectivity index (χ2n) is 5.40. The molecule has 1 heterocycles. The van der Waals surface area contributed by atoms with Crippen molar-refractivity contribution in [3.8, 4) is 5.88 Å². The van der Waals surface area contributed by atoms with E-state index in [2.05, 4.69) is 17.1 Å². The molecule has 19 heavy (non-hydrogen) atoms. The monoisotopic (exact) mass is 264 g/mol. The Morgan fingerprint density at radius 1 is 1.21 bits per heavy atom. The van der Waals surface area contributed by atoms with Gasteiger partial charge in [-0.25, -0.2) is 4.79 Å². The molecular formula is C14H20N2O3. The summed E-state index contributed by atoms with van der Waals surface area (Å²) in [5.74, 6) is -0.116. The normalized spacial score (nSPS) is 23.1. The third-order valence-corrected chi connectivity index (χ3v) is 3.88. The highest BCUT2D eigenvalue weighted by Gasteiger charge is 2.24. The van der Waals surface area contributed by atoms with Crippen LogP contribution in [0, 0.1) is 19.8 Å². The van der Waals surface area contributed by atoms with Crippen LogP contribution < -0.4 is 4.74 Å². The standard InChI is InChI=1S/C14H20N2O3/c1-8-4-6-11(7-5-8)19-13-12(14(17)18)9(2)10(3)15-16-13/h8,11H,4-7H2,1-3H3,(H,17,18). The molecule has 1 N–H and O–H groups in total. The molecule has 1 aliphatic carbocycles. The van der Waals surface area contributed by atoms with E-state index in [1.807, 2.05) is 0 Å². The Balaban J connectivity index is 2.20. The molecule has 1 saturated carbocycles. The SMILES string of the molecule is Cc1nnc(OC2CCC(C)CC2)c(C(=O)O)c1C. The van der Waals surface area contributed by atoms with Crippen LogP contribution in [0.1, 0.15) is 54.2 Å². The zero-order valence-corrected chi connectivity index (χ0v) is 11.6. The van der Waals surface area contributed by atoms with E-state index in [1.165, 1.54) is 0 Å². The number of aromatic nitrogens is 2. The van der Waals surface area contributed by atoms with Crippen LogP contribution in [0.25, 0.3) is 0 Å². The Morgan fingerprint density at radius 3 is 2.42 bits per heavy atom. The molecular weight excluding hydrogens is 244 g/mol. The largest absolute Gasteiger partial charge is 0.477 e. The molecule has 0 amide bonds. The highest BCUT2D eigenvalue weighted by atomic mass is 16.5. The molecule has 0 aromatic carbocycles. The molecule has 2 rings (SSSR count). The summed E-state index contributed by atoms with van der Waals surface area (Å²) in [6.07, 6.45) is 4.20. The summed E-state index contributed by atoms with van der Waals surface area (Å²) in [5, 5.41) is 17.2. The van der Waals surface area contributed by atoms with E-state index in [9.17, 15) is 9.90 Å². The van der Waals surface area contributed by atoms with Crippen LogP contribution in [0.4, 0.5) is 0 Å². The van der Waals surface area contributed by atoms with Gasteiger partial charge in [0, 0.05) is 0 Å². The second-order valence-corrected chi connectivity index (χ2v) is 5.40. The van der Waals surface area contributed by atoms with Crippen molar-refractivity contribution in [2.75, 3.05) is 0 Å². The van der Waals surface area contributed by atoms with E-state index in [4.69, 9.17) is 4.74 Å². The van der Waals surface area contributed by atoms with Crippen molar-refractivity contribution in [2.24, 2.45) is 5.92 Å². The van der Waals surface area contributed by atoms with E-state index in [-0.39, 0.29) is 17.5 Å². The molecule has 1 aromatic heterocycles. The first kappa shape index (κ1) is 13.8. The van der Waals surface area contributed by atoms with Gasteiger partial charge in [-0.15, -0.1) is 5.10 Å². The van der Waals surface area contributed by atoms with Gasteiger partial charge in [-0.3, -0.25) is 0 Å². The Kier molecular flexibility index (Phi) is 4.02. The van der Waals surface area contributed by atoms with Gasteiger partial charge < -0.3 is 9.84 Å². The topological polar surface area (TPSA) is 72.3 Å². The van der Waals surface area contributed by atoms with Crippen LogP contribution in [0.5, 0.6) is 5.88 Å². The van der Waals surface area contributed by atoms with Gasteiger partial charge in [0.1, 0.15) is 11.7 Å². The molecule has 0 radical (unpaired) electrons. The third-order valence-electron chi connectivity index (χ3n) is 3.88. The van der Waals surface area contributed by atoms with Gasteiger partial charge in [-0.1, -0.05) is 6.92 Å². The van der Waals surface area contributed by atoms with Crippen LogP contribution in [-0.2, 0) is 0 Å². The fourth-order valence-corrected chi connectivity index (χ4v) is 2.43. The van der Waals surface area contributed by atoms with Crippen LogP contribution in [0.15, 0.2) is 0 Å². The van der Waals surface area contributed by atoms with Crippen LogP contribution >= 0.6 is 0 Å². The van der Waals surface area contributed by atoms with Crippen molar-refractivity contribution in [3.05, 3.63) is 16.8 Å². The van der Waals surface area contributed by atoms with Gasteiger partial charge in [0.2, 0.25) is 5.88 Å². The summed E-state index contributed by atoms with van der Waals surface area (Å²) in [4.78, 5) is 11.3. The minimum absolute atomic E-state index is 0.0608. The Morgan fingerprint density at radius 2 is 1.84 bits per heavy atom. The van der Waals surface area contributed by atoms with Crippen molar-refractivity contribution in [2.45, 2.75) is 52.6 Å². The number of ether oxygens (including phenoxy) is 1. The average Bonchev–Trinajstić information content (AvgIpc) is 2.36. The molecule has 0 atom stereocenters. The predicted octanol–water partition coefficient (Wildman–Crippen LogP) is 2.75. The minimum atomic E-state index is -1.00. The molecule has 1 aliphatic rings. The smallest absolute Gasteiger partial charge is 0.341 e. The summed E-state index contributed by atoms with van der Waals surface area (Å²) >= 11 is 0. The number of carboxylic acid groups (broad SMARTS) is 1. The number of aryl methyl sites for hydroxylation is 1. The molecule has 0 saturated heterocycles. The van der Waals surface area contributed by atoms with Gasteiger partial charge in [0.05, 0.1) is 5.69 Å². The lowest BCUT2D eigenvalue weighted by atomic mass is 9.89. The maximum absolute atomic E-state index is 11.3. The lowest BCUT2D eigenvalue weighted by Gasteiger charge is -2.26. The van der Waals surface area contributed by atoms with Gasteiger partial charge in [0.25, 0.3) is 0 Å². The van der Waals surface area contributed by atoms with Gasteiger partial charge in [-0.05, 0) is 51.0 Å². The predicted molar refractivity (Wildman–Crippen MR) is 70.5 cm³/mol. The van der Waals surface area contributed by atoms with Gasteiger partial charge in [-0.2, -0.15) is 5.10 Å². The summed E-state index contributed by atoms with van der Waals surface area (Å²) in [5.41, 5.74) is 1.40. The summed E-state index contributed by atoms with van der Waals surface area (Å²) in [7, 11) is 0. The molecule has 0 unspecified atom stereocenters. The number of hydrogen-bond acceptors (Lipinski definition) is 4. The number of aromatic carboxylic acids is 1. The van der Waals surface area contributed by atoms with E-state index in [0.717, 1.165) is 31.6 Å². The number of rotatable bonds is 3. The lowest BCUT2D eigenvalue weighted by Crippen LogP contribution is -2.25. The highest BCUT2D eigenvalue weighted by Crippen LogP contribution is 2.28. The maximum atomic E-state index is 11.3. The van der Waals surface area contributed by atoms with Gasteiger partial charge >= 0.3 is 5.97 Å². The number of hydrogen-bond donors (Lipinski definition) is 1. The van der Waals surface area contributed by atoms with Crippen LogP contribution in [0.3, 0.4) is 0 Å². The first-order valence-electron chi connectivity index (χ1n) is 6.73. The Bertz CT molecular complexity index is 480. The minimum Gasteiger partial charge on any atom is -0.477 e. The fraction of sp³-hybridized carbons (Fsp3) is 0.643. The maximum Gasteiger partial charge on any atom is 0.341 e. The Labute approximate surface area is 113 Å². The summed E-state index contributed by atoms with van der Waals surface area (Å²) in [6, 6.07) is 0. The second kappa shape index (κ2) is 5.55. The zero-order chi connectivity index (χ0) is 14.0. The molecule has 0 spiro atoms. The van der Waals surface area contributed by atoms with Gasteiger partial charge in [0.15, 0.2) is 0 Å². The Hall–Kier alpha value is -1.65. The fourth-order valence-electron chi connectivity index (χ4n) is 2.43. The first-order valence-corrected chi connectivity index (χ1v) is 6.73. The molecule has 5 heteroatoms. The van der Waals surface area contributed by atoms with Crippen molar-refractivity contribution < 1.29 is 14.6 Å². The van der Waals surface area contributed by atoms with Crippen molar-refractivity contribution >= 4 is 5.97 Å². The third kappa shape index (κ3) is 3.03. The number of carboxylic acids is 1. The molecule has 1 aromatic rings. The van der Waals surface area contributed by atoms with E-state index < -0.39 is 5.97 Å². The molecule has 0 bridgehead atoms. The highest BCUT2D eigenvalue weighted by molar-refractivity contribution is 5.92. The lowest BCUT2D eigenvalue weighted by molar-refractivity contribution is 0.0679. The molecule has 1 fully saturated rings. The number of carbonyl (C=O) groups is 1. The van der Waals surface area contributed by atoms with Crippen LogP contribution in [-0.4, -0.2) is 27.4 Å². The van der Waals surface area contributed by atoms with Crippen molar-refractivity contribution in [1.29, 1.82) is 0 Å². The zero-order valence-electron chi connectivity index (χ0n) is 11.6. The average molecular weight is 264 g/mol. The quantitative estimate of drug-likeness (QED) is 0.908. The number of nitrogens with zero attached hydrogens (tertiary/aromatic N) is 2.